The molecule has 3 aromatic heterocycles. The summed E-state index contributed by atoms with van der Waals surface area (Å²) in [6.45, 7) is -2.55. The zero-order valence-electron chi connectivity index (χ0n) is 13.9. The minimum absolute atomic E-state index is 0.0352. The van der Waals surface area contributed by atoms with Crippen molar-refractivity contribution in [3.05, 3.63) is 53.0 Å². The zero-order valence-corrected chi connectivity index (χ0v) is 16.3. The Balaban J connectivity index is 1.46. The molecule has 1 N–H and O–H groups in total. The molecule has 0 aliphatic rings. The van der Waals surface area contributed by atoms with Gasteiger partial charge in [-0.2, -0.15) is 19.0 Å². The summed E-state index contributed by atoms with van der Waals surface area (Å²) in [5.41, 5.74) is 0.781. The highest BCUT2D eigenvalue weighted by Gasteiger charge is 2.14. The molecule has 0 spiro atoms. The molecule has 0 saturated heterocycles. The van der Waals surface area contributed by atoms with Crippen molar-refractivity contribution in [1.29, 1.82) is 0 Å². The SMILES string of the molecule is O=C(Nc1nc2ccc(OC(F)F)cc2s1)c1ccn(Cn2cc(Br)cn2)n1. The second-order valence-electron chi connectivity index (χ2n) is 5.56. The number of alkyl halides is 2. The van der Waals surface area contributed by atoms with E-state index in [9.17, 15) is 13.6 Å². The standard InChI is InChI=1S/C16H11BrF2N6O2S/c17-9-6-20-25(7-9)8-24-4-3-12(23-24)14(26)22-16-21-11-2-1-10(27-15(18)19)5-13(11)28-16/h1-7,15H,8H2,(H,21,22,26). The van der Waals surface area contributed by atoms with Crippen LogP contribution < -0.4 is 10.1 Å². The molecule has 0 saturated carbocycles. The summed E-state index contributed by atoms with van der Waals surface area (Å²) < 4.78 is 33.7. The third-order valence-corrected chi connectivity index (χ3v) is 4.91. The van der Waals surface area contributed by atoms with E-state index in [-0.39, 0.29) is 11.4 Å². The molecule has 0 unspecified atom stereocenters. The number of fused-ring (bicyclic) bond motifs is 1. The Labute approximate surface area is 168 Å². The van der Waals surface area contributed by atoms with Crippen LogP contribution in [-0.4, -0.2) is 37.1 Å². The number of hydrogen-bond donors (Lipinski definition) is 1. The maximum Gasteiger partial charge on any atom is 0.387 e. The van der Waals surface area contributed by atoms with Gasteiger partial charge in [-0.15, -0.1) is 0 Å². The third kappa shape index (κ3) is 4.17. The number of anilines is 1. The third-order valence-electron chi connectivity index (χ3n) is 3.57. The van der Waals surface area contributed by atoms with Gasteiger partial charge in [0.05, 0.1) is 20.9 Å². The molecule has 0 bridgehead atoms. The first-order valence-corrected chi connectivity index (χ1v) is 9.45. The summed E-state index contributed by atoms with van der Waals surface area (Å²) in [7, 11) is 0. The smallest absolute Gasteiger partial charge is 0.387 e. The lowest BCUT2D eigenvalue weighted by atomic mass is 10.3. The number of ether oxygens (including phenoxy) is 1. The summed E-state index contributed by atoms with van der Waals surface area (Å²) in [5, 5.41) is 11.3. The van der Waals surface area contributed by atoms with Crippen molar-refractivity contribution in [3.63, 3.8) is 0 Å². The first kappa shape index (κ1) is 18.5. The average molecular weight is 469 g/mol. The molecule has 0 radical (unpaired) electrons. The fourth-order valence-corrected chi connectivity index (χ4v) is 3.64. The van der Waals surface area contributed by atoms with E-state index < -0.39 is 12.5 Å². The lowest BCUT2D eigenvalue weighted by Gasteiger charge is -2.02. The molecule has 1 aromatic carbocycles. The molecule has 4 aromatic rings. The summed E-state index contributed by atoms with van der Waals surface area (Å²) in [4.78, 5) is 16.7. The van der Waals surface area contributed by atoms with E-state index in [1.807, 2.05) is 0 Å². The lowest BCUT2D eigenvalue weighted by molar-refractivity contribution is -0.0497. The number of thiazole rings is 1. The highest BCUT2D eigenvalue weighted by Crippen LogP contribution is 2.30. The molecule has 4 rings (SSSR count). The largest absolute Gasteiger partial charge is 0.435 e. The van der Waals surface area contributed by atoms with Crippen molar-refractivity contribution in [2.45, 2.75) is 13.3 Å². The topological polar surface area (TPSA) is 86.9 Å². The number of carbonyl (C=O) groups excluding carboxylic acids is 1. The molecule has 12 heteroatoms. The minimum atomic E-state index is -2.90. The molecule has 144 valence electrons. The maximum absolute atomic E-state index is 12.4. The number of nitrogens with zero attached hydrogens (tertiary/aromatic N) is 5. The van der Waals surface area contributed by atoms with Crippen LogP contribution >= 0.6 is 27.3 Å². The van der Waals surface area contributed by atoms with E-state index in [0.29, 0.717) is 22.0 Å². The van der Waals surface area contributed by atoms with Crippen LogP contribution in [0.4, 0.5) is 13.9 Å². The van der Waals surface area contributed by atoms with Gasteiger partial charge in [-0.3, -0.25) is 14.8 Å². The van der Waals surface area contributed by atoms with Gasteiger partial charge in [0.2, 0.25) is 0 Å². The predicted octanol–water partition coefficient (Wildman–Crippen LogP) is 3.81. The second-order valence-corrected chi connectivity index (χ2v) is 7.51. The minimum Gasteiger partial charge on any atom is -0.435 e. The number of rotatable bonds is 6. The quantitative estimate of drug-likeness (QED) is 0.464. The van der Waals surface area contributed by atoms with Crippen LogP contribution in [0, 0.1) is 0 Å². The van der Waals surface area contributed by atoms with Crippen LogP contribution in [0.2, 0.25) is 0 Å². The van der Waals surface area contributed by atoms with E-state index in [1.54, 1.807) is 40.1 Å². The van der Waals surface area contributed by atoms with Crippen molar-refractivity contribution < 1.29 is 18.3 Å². The molecular weight excluding hydrogens is 458 g/mol. The average Bonchev–Trinajstić information content (AvgIpc) is 3.34. The van der Waals surface area contributed by atoms with Crippen molar-refractivity contribution in [1.82, 2.24) is 24.5 Å². The molecule has 0 aliphatic heterocycles. The molecule has 0 aliphatic carbocycles. The van der Waals surface area contributed by atoms with Gasteiger partial charge in [0, 0.05) is 12.4 Å². The summed E-state index contributed by atoms with van der Waals surface area (Å²) in [6, 6.07) is 5.98. The van der Waals surface area contributed by atoms with Crippen LogP contribution in [0.5, 0.6) is 5.75 Å². The van der Waals surface area contributed by atoms with Crippen LogP contribution in [0.1, 0.15) is 10.5 Å². The van der Waals surface area contributed by atoms with Gasteiger partial charge in [0.15, 0.2) is 10.8 Å². The fraction of sp³-hybridized carbons (Fsp3) is 0.125. The van der Waals surface area contributed by atoms with Gasteiger partial charge in [0.1, 0.15) is 12.4 Å². The van der Waals surface area contributed by atoms with Crippen LogP contribution in [0.15, 0.2) is 47.3 Å². The van der Waals surface area contributed by atoms with Gasteiger partial charge < -0.3 is 4.74 Å². The molecule has 0 atom stereocenters. The van der Waals surface area contributed by atoms with E-state index in [2.05, 4.69) is 41.2 Å². The Hall–Kier alpha value is -2.86. The van der Waals surface area contributed by atoms with Crippen molar-refractivity contribution in [2.24, 2.45) is 0 Å². The highest BCUT2D eigenvalue weighted by molar-refractivity contribution is 9.10. The van der Waals surface area contributed by atoms with E-state index in [4.69, 9.17) is 0 Å². The van der Waals surface area contributed by atoms with Gasteiger partial charge in [-0.25, -0.2) is 9.67 Å². The van der Waals surface area contributed by atoms with Crippen molar-refractivity contribution >= 4 is 48.5 Å². The number of amides is 1. The number of aromatic nitrogens is 5. The summed E-state index contributed by atoms with van der Waals surface area (Å²) >= 11 is 4.47. The number of benzene rings is 1. The molecule has 1 amide bonds. The number of halogens is 3. The molecule has 8 nitrogen and oxygen atoms in total. The first-order chi connectivity index (χ1) is 13.5. The van der Waals surface area contributed by atoms with Crippen molar-refractivity contribution in [2.75, 3.05) is 5.32 Å². The van der Waals surface area contributed by atoms with Gasteiger partial charge >= 0.3 is 6.61 Å². The maximum atomic E-state index is 12.4. The normalized spacial score (nSPS) is 11.3. The molecule has 3 heterocycles. The first-order valence-electron chi connectivity index (χ1n) is 7.84. The second kappa shape index (κ2) is 7.64. The van der Waals surface area contributed by atoms with E-state index >= 15 is 0 Å². The van der Waals surface area contributed by atoms with E-state index in [0.717, 1.165) is 15.8 Å². The Morgan fingerprint density at radius 1 is 1.32 bits per heavy atom. The van der Waals surface area contributed by atoms with E-state index in [1.165, 1.54) is 12.1 Å². The Bertz CT molecular complexity index is 1140. The molecular formula is C16H11BrF2N6O2S. The Morgan fingerprint density at radius 2 is 2.18 bits per heavy atom. The molecule has 28 heavy (non-hydrogen) atoms. The number of nitrogens with one attached hydrogen (secondary N) is 1. The lowest BCUT2D eigenvalue weighted by Crippen LogP contribution is -2.14. The zero-order chi connectivity index (χ0) is 19.7. The Kier molecular flexibility index (Phi) is 5.05. The van der Waals surface area contributed by atoms with Gasteiger partial charge in [-0.1, -0.05) is 11.3 Å². The fourth-order valence-electron chi connectivity index (χ4n) is 2.42. The molecule has 0 fully saturated rings. The van der Waals surface area contributed by atoms with Gasteiger partial charge in [0.25, 0.3) is 5.91 Å². The summed E-state index contributed by atoms with van der Waals surface area (Å²) in [5.74, 6) is -0.392. The number of hydrogen-bond acceptors (Lipinski definition) is 6. The monoisotopic (exact) mass is 468 g/mol. The Morgan fingerprint density at radius 3 is 2.93 bits per heavy atom. The van der Waals surface area contributed by atoms with Crippen LogP contribution in [0.25, 0.3) is 10.2 Å². The number of carbonyl (C=O) groups is 1. The van der Waals surface area contributed by atoms with Crippen molar-refractivity contribution in [3.8, 4) is 5.75 Å². The van der Waals surface area contributed by atoms with Gasteiger partial charge in [-0.05, 0) is 40.2 Å². The summed E-state index contributed by atoms with van der Waals surface area (Å²) in [6.07, 6.45) is 5.10. The van der Waals surface area contributed by atoms with Crippen LogP contribution in [-0.2, 0) is 6.67 Å². The highest BCUT2D eigenvalue weighted by atomic mass is 79.9. The predicted molar refractivity (Wildman–Crippen MR) is 102 cm³/mol. The van der Waals surface area contributed by atoms with Crippen LogP contribution in [0.3, 0.4) is 0 Å².